The molecule has 2 rings (SSSR count). The molecule has 4 heteroatoms. The molecule has 1 aliphatic heterocycles. The molecular formula is C13H23N3O. The maximum absolute atomic E-state index is 5.65. The molecule has 0 saturated carbocycles. The van der Waals surface area contributed by atoms with Gasteiger partial charge >= 0.3 is 0 Å². The lowest BCUT2D eigenvalue weighted by Gasteiger charge is -2.21. The van der Waals surface area contributed by atoms with Crippen molar-refractivity contribution in [1.29, 1.82) is 0 Å². The van der Waals surface area contributed by atoms with Crippen LogP contribution in [0.5, 0.6) is 0 Å². The van der Waals surface area contributed by atoms with E-state index in [1.54, 1.807) is 0 Å². The van der Waals surface area contributed by atoms with Gasteiger partial charge in [-0.05, 0) is 39.7 Å². The third-order valence-electron chi connectivity index (χ3n) is 3.00. The summed E-state index contributed by atoms with van der Waals surface area (Å²) in [6.45, 7) is 9.17. The van der Waals surface area contributed by atoms with E-state index in [0.29, 0.717) is 6.10 Å². The van der Waals surface area contributed by atoms with E-state index < -0.39 is 0 Å². The summed E-state index contributed by atoms with van der Waals surface area (Å²) in [6.07, 6.45) is 4.56. The zero-order chi connectivity index (χ0) is 12.3. The Bertz CT molecular complexity index is 348. The van der Waals surface area contributed by atoms with Crippen molar-refractivity contribution in [3.05, 3.63) is 18.0 Å². The molecule has 1 aromatic heterocycles. The summed E-state index contributed by atoms with van der Waals surface area (Å²) < 4.78 is 7.71. The number of ether oxygens (including phenoxy) is 1. The van der Waals surface area contributed by atoms with Gasteiger partial charge in [-0.15, -0.1) is 0 Å². The molecule has 1 aromatic rings. The number of rotatable bonds is 4. The minimum absolute atomic E-state index is 0.138. The van der Waals surface area contributed by atoms with Gasteiger partial charge in [0.2, 0.25) is 0 Å². The van der Waals surface area contributed by atoms with Crippen molar-refractivity contribution in [3.63, 3.8) is 0 Å². The molecule has 0 aliphatic carbocycles. The number of aromatic nitrogens is 2. The first-order valence-electron chi connectivity index (χ1n) is 6.42. The number of hydrogen-bond acceptors (Lipinski definition) is 3. The van der Waals surface area contributed by atoms with Gasteiger partial charge in [0.15, 0.2) is 0 Å². The molecule has 2 heterocycles. The molecule has 1 saturated heterocycles. The zero-order valence-corrected chi connectivity index (χ0v) is 11.1. The van der Waals surface area contributed by atoms with Gasteiger partial charge in [-0.3, -0.25) is 4.68 Å². The molecule has 0 bridgehead atoms. The predicted molar refractivity (Wildman–Crippen MR) is 67.8 cm³/mol. The third-order valence-corrected chi connectivity index (χ3v) is 3.00. The van der Waals surface area contributed by atoms with Gasteiger partial charge in [0, 0.05) is 24.9 Å². The van der Waals surface area contributed by atoms with Gasteiger partial charge in [-0.2, -0.15) is 5.10 Å². The highest BCUT2D eigenvalue weighted by atomic mass is 16.5. The summed E-state index contributed by atoms with van der Waals surface area (Å²) in [5.41, 5.74) is 1.37. The second kappa shape index (κ2) is 5.19. The first-order chi connectivity index (χ1) is 8.04. The minimum atomic E-state index is 0.138. The van der Waals surface area contributed by atoms with Crippen molar-refractivity contribution in [2.45, 2.75) is 58.3 Å². The molecule has 1 aliphatic rings. The van der Waals surface area contributed by atoms with Gasteiger partial charge in [0.25, 0.3) is 0 Å². The van der Waals surface area contributed by atoms with E-state index in [1.165, 1.54) is 12.1 Å². The summed E-state index contributed by atoms with van der Waals surface area (Å²) in [4.78, 5) is 0. The first kappa shape index (κ1) is 12.6. The lowest BCUT2D eigenvalue weighted by Crippen LogP contribution is -2.36. The smallest absolute Gasteiger partial charge is 0.0771 e. The standard InChI is InChI=1S/C13H23N3O/c1-13(2,3)14-9-11-6-7-15-16(11)10-12-5-4-8-17-12/h6-7,12,14H,4-5,8-10H2,1-3H3. The van der Waals surface area contributed by atoms with Crippen molar-refractivity contribution < 1.29 is 4.74 Å². The summed E-state index contributed by atoms with van der Waals surface area (Å²) in [7, 11) is 0. The number of nitrogens with one attached hydrogen (secondary N) is 1. The number of hydrogen-bond donors (Lipinski definition) is 1. The van der Waals surface area contributed by atoms with E-state index in [-0.39, 0.29) is 5.54 Å². The Morgan fingerprint density at radius 3 is 3.00 bits per heavy atom. The topological polar surface area (TPSA) is 39.1 Å². The Morgan fingerprint density at radius 1 is 1.53 bits per heavy atom. The van der Waals surface area contributed by atoms with Crippen LogP contribution in [0.3, 0.4) is 0 Å². The molecule has 1 N–H and O–H groups in total. The monoisotopic (exact) mass is 237 g/mol. The van der Waals surface area contributed by atoms with E-state index in [9.17, 15) is 0 Å². The average Bonchev–Trinajstić information content (AvgIpc) is 2.86. The average molecular weight is 237 g/mol. The Balaban J connectivity index is 1.91. The van der Waals surface area contributed by atoms with E-state index >= 15 is 0 Å². The van der Waals surface area contributed by atoms with Crippen LogP contribution in [0.25, 0.3) is 0 Å². The molecule has 17 heavy (non-hydrogen) atoms. The van der Waals surface area contributed by atoms with Gasteiger partial charge < -0.3 is 10.1 Å². The fourth-order valence-corrected chi connectivity index (χ4v) is 2.01. The maximum atomic E-state index is 5.65. The van der Waals surface area contributed by atoms with Gasteiger partial charge in [-0.1, -0.05) is 0 Å². The van der Waals surface area contributed by atoms with Crippen molar-refractivity contribution in [3.8, 4) is 0 Å². The maximum Gasteiger partial charge on any atom is 0.0771 e. The summed E-state index contributed by atoms with van der Waals surface area (Å²) in [5.74, 6) is 0. The van der Waals surface area contributed by atoms with Crippen LogP contribution in [0, 0.1) is 0 Å². The fraction of sp³-hybridized carbons (Fsp3) is 0.769. The van der Waals surface area contributed by atoms with Crippen LogP contribution in [-0.4, -0.2) is 28.0 Å². The Hall–Kier alpha value is -0.870. The largest absolute Gasteiger partial charge is 0.376 e. The van der Waals surface area contributed by atoms with Crippen LogP contribution in [0.2, 0.25) is 0 Å². The van der Waals surface area contributed by atoms with E-state index in [1.807, 2.05) is 6.20 Å². The normalized spacial score (nSPS) is 21.0. The molecule has 1 atom stereocenters. The van der Waals surface area contributed by atoms with Crippen molar-refractivity contribution in [2.75, 3.05) is 6.61 Å². The Morgan fingerprint density at radius 2 is 2.35 bits per heavy atom. The van der Waals surface area contributed by atoms with Crippen molar-refractivity contribution in [1.82, 2.24) is 15.1 Å². The van der Waals surface area contributed by atoms with Crippen molar-refractivity contribution in [2.24, 2.45) is 0 Å². The molecule has 1 unspecified atom stereocenters. The lowest BCUT2D eigenvalue weighted by molar-refractivity contribution is 0.0930. The molecule has 0 spiro atoms. The van der Waals surface area contributed by atoms with E-state index in [0.717, 1.165) is 26.1 Å². The van der Waals surface area contributed by atoms with Gasteiger partial charge in [-0.25, -0.2) is 0 Å². The third kappa shape index (κ3) is 3.82. The molecular weight excluding hydrogens is 214 g/mol. The summed E-state index contributed by atoms with van der Waals surface area (Å²) in [6, 6.07) is 2.08. The van der Waals surface area contributed by atoms with Crippen LogP contribution in [0.1, 0.15) is 39.3 Å². The van der Waals surface area contributed by atoms with E-state index in [2.05, 4.69) is 41.9 Å². The van der Waals surface area contributed by atoms with Crippen molar-refractivity contribution >= 4 is 0 Å². The molecule has 4 nitrogen and oxygen atoms in total. The van der Waals surface area contributed by atoms with Crippen LogP contribution >= 0.6 is 0 Å². The SMILES string of the molecule is CC(C)(C)NCc1ccnn1CC1CCCO1. The summed E-state index contributed by atoms with van der Waals surface area (Å²) >= 11 is 0. The van der Waals surface area contributed by atoms with Crippen LogP contribution < -0.4 is 5.32 Å². The Kier molecular flexibility index (Phi) is 3.84. The fourth-order valence-electron chi connectivity index (χ4n) is 2.01. The Labute approximate surface area is 103 Å². The van der Waals surface area contributed by atoms with Crippen LogP contribution in [0.15, 0.2) is 12.3 Å². The molecule has 0 amide bonds. The highest BCUT2D eigenvalue weighted by Gasteiger charge is 2.18. The van der Waals surface area contributed by atoms with Gasteiger partial charge in [0.1, 0.15) is 0 Å². The minimum Gasteiger partial charge on any atom is -0.376 e. The van der Waals surface area contributed by atoms with Gasteiger partial charge in [0.05, 0.1) is 18.3 Å². The van der Waals surface area contributed by atoms with E-state index in [4.69, 9.17) is 4.74 Å². The number of nitrogens with zero attached hydrogens (tertiary/aromatic N) is 2. The summed E-state index contributed by atoms with van der Waals surface area (Å²) in [5, 5.41) is 7.86. The molecule has 1 fully saturated rings. The highest BCUT2D eigenvalue weighted by Crippen LogP contribution is 2.15. The molecule has 0 aromatic carbocycles. The van der Waals surface area contributed by atoms with Crippen LogP contribution in [-0.2, 0) is 17.8 Å². The second-order valence-corrected chi connectivity index (χ2v) is 5.74. The lowest BCUT2D eigenvalue weighted by atomic mass is 10.1. The predicted octanol–water partition coefficient (Wildman–Crippen LogP) is 1.95. The quantitative estimate of drug-likeness (QED) is 0.870. The van der Waals surface area contributed by atoms with Crippen LogP contribution in [0.4, 0.5) is 0 Å². The zero-order valence-electron chi connectivity index (χ0n) is 11.1. The second-order valence-electron chi connectivity index (χ2n) is 5.74. The molecule has 96 valence electrons. The first-order valence-corrected chi connectivity index (χ1v) is 6.42. The molecule has 0 radical (unpaired) electrons. The highest BCUT2D eigenvalue weighted by molar-refractivity contribution is 5.01.